The molecule has 0 aliphatic rings. The lowest BCUT2D eigenvalue weighted by atomic mass is 10.4. The number of rotatable bonds is 3. The number of hydrogen-bond donors (Lipinski definition) is 0. The molecule has 1 aromatic heterocycles. The quantitative estimate of drug-likeness (QED) is 0.616. The van der Waals surface area contributed by atoms with Gasteiger partial charge in [-0.2, -0.15) is 18.2 Å². The van der Waals surface area contributed by atoms with Crippen LogP contribution in [0.1, 0.15) is 6.42 Å². The highest BCUT2D eigenvalue weighted by atomic mass is 35.5. The number of anilines is 1. The molecule has 90 valence electrons. The molecule has 0 fully saturated rings. The largest absolute Gasteiger partial charge is 0.390 e. The fraction of sp³-hybridized carbons (Fsp3) is 0.500. The van der Waals surface area contributed by atoms with Crippen molar-refractivity contribution in [2.45, 2.75) is 12.6 Å². The Morgan fingerprint density at radius 2 is 2.06 bits per heavy atom. The molecule has 0 bridgehead atoms. The van der Waals surface area contributed by atoms with Gasteiger partial charge < -0.3 is 4.90 Å². The summed E-state index contributed by atoms with van der Waals surface area (Å²) in [6.07, 6.45) is -4.53. The molecule has 16 heavy (non-hydrogen) atoms. The molecule has 1 heterocycles. The molecular formula is C8H8ClF4N3. The van der Waals surface area contributed by atoms with Crippen LogP contribution >= 0.6 is 11.6 Å². The molecule has 0 unspecified atom stereocenters. The van der Waals surface area contributed by atoms with E-state index in [4.69, 9.17) is 11.6 Å². The van der Waals surface area contributed by atoms with Crippen LogP contribution in [0.15, 0.2) is 6.20 Å². The van der Waals surface area contributed by atoms with Gasteiger partial charge in [-0.25, -0.2) is 9.37 Å². The molecule has 0 aromatic carbocycles. The van der Waals surface area contributed by atoms with Crippen LogP contribution in [0.4, 0.5) is 23.4 Å². The van der Waals surface area contributed by atoms with Crippen LogP contribution in [-0.2, 0) is 0 Å². The second-order valence-electron chi connectivity index (χ2n) is 3.10. The molecule has 1 rings (SSSR count). The van der Waals surface area contributed by atoms with E-state index in [1.54, 1.807) is 0 Å². The van der Waals surface area contributed by atoms with Crippen LogP contribution in [-0.4, -0.2) is 29.7 Å². The minimum atomic E-state index is -4.29. The van der Waals surface area contributed by atoms with Gasteiger partial charge in [0.25, 0.3) is 0 Å². The van der Waals surface area contributed by atoms with E-state index < -0.39 is 25.0 Å². The molecule has 8 heteroatoms. The van der Waals surface area contributed by atoms with E-state index in [1.165, 1.54) is 7.05 Å². The maximum Gasteiger partial charge on any atom is 0.390 e. The Balaban J connectivity index is 2.73. The van der Waals surface area contributed by atoms with E-state index in [2.05, 4.69) is 9.97 Å². The summed E-state index contributed by atoms with van der Waals surface area (Å²) >= 11 is 5.41. The van der Waals surface area contributed by atoms with Crippen LogP contribution in [0.5, 0.6) is 0 Å². The van der Waals surface area contributed by atoms with Gasteiger partial charge in [0, 0.05) is 13.6 Å². The Hall–Kier alpha value is -1.11. The van der Waals surface area contributed by atoms with Gasteiger partial charge in [0.2, 0.25) is 5.28 Å². The molecule has 3 nitrogen and oxygen atoms in total. The van der Waals surface area contributed by atoms with Gasteiger partial charge in [-0.15, -0.1) is 0 Å². The Kier molecular flexibility index (Phi) is 3.90. The minimum Gasteiger partial charge on any atom is -0.357 e. The van der Waals surface area contributed by atoms with Crippen molar-refractivity contribution in [2.24, 2.45) is 0 Å². The first kappa shape index (κ1) is 13.0. The number of hydrogen-bond acceptors (Lipinski definition) is 3. The lowest BCUT2D eigenvalue weighted by Crippen LogP contribution is -2.25. The van der Waals surface area contributed by atoms with Crippen LogP contribution in [0.3, 0.4) is 0 Å². The smallest absolute Gasteiger partial charge is 0.357 e. The Bertz CT molecular complexity index is 369. The first-order valence-corrected chi connectivity index (χ1v) is 4.63. The van der Waals surface area contributed by atoms with Gasteiger partial charge in [0.15, 0.2) is 11.6 Å². The molecule has 0 aliphatic heterocycles. The average molecular weight is 258 g/mol. The Labute approximate surface area is 94.1 Å². The van der Waals surface area contributed by atoms with Crippen molar-refractivity contribution in [1.82, 2.24) is 9.97 Å². The molecule has 0 saturated carbocycles. The number of aromatic nitrogens is 2. The maximum atomic E-state index is 13.1. The van der Waals surface area contributed by atoms with Gasteiger partial charge >= 0.3 is 6.18 Å². The van der Waals surface area contributed by atoms with Gasteiger partial charge in [-0.05, 0) is 11.6 Å². The van der Waals surface area contributed by atoms with Crippen LogP contribution in [0.25, 0.3) is 0 Å². The fourth-order valence-corrected chi connectivity index (χ4v) is 1.13. The summed E-state index contributed by atoms with van der Waals surface area (Å²) < 4.78 is 48.9. The van der Waals surface area contributed by atoms with Crippen molar-refractivity contribution < 1.29 is 17.6 Å². The SMILES string of the molecule is CN(CCC(F)(F)F)c1nc(Cl)ncc1F. The lowest BCUT2D eigenvalue weighted by Gasteiger charge is -2.19. The van der Waals surface area contributed by atoms with Gasteiger partial charge in [0.05, 0.1) is 12.6 Å². The zero-order valence-corrected chi connectivity index (χ0v) is 8.98. The van der Waals surface area contributed by atoms with E-state index in [-0.39, 0.29) is 11.1 Å². The van der Waals surface area contributed by atoms with Gasteiger partial charge in [-0.3, -0.25) is 0 Å². The van der Waals surface area contributed by atoms with Crippen molar-refractivity contribution >= 4 is 17.4 Å². The number of nitrogens with zero attached hydrogens (tertiary/aromatic N) is 3. The van der Waals surface area contributed by atoms with E-state index in [0.717, 1.165) is 11.1 Å². The summed E-state index contributed by atoms with van der Waals surface area (Å²) in [6, 6.07) is 0. The summed E-state index contributed by atoms with van der Waals surface area (Å²) in [6.45, 7) is -0.395. The van der Waals surface area contributed by atoms with Crippen molar-refractivity contribution in [3.8, 4) is 0 Å². The third kappa shape index (κ3) is 3.80. The van der Waals surface area contributed by atoms with Crippen molar-refractivity contribution in [2.75, 3.05) is 18.5 Å². The zero-order valence-electron chi connectivity index (χ0n) is 8.22. The molecule has 0 N–H and O–H groups in total. The second-order valence-corrected chi connectivity index (χ2v) is 3.44. The maximum absolute atomic E-state index is 13.1. The molecule has 0 amide bonds. The lowest BCUT2D eigenvalue weighted by molar-refractivity contribution is -0.132. The number of alkyl halides is 3. The zero-order chi connectivity index (χ0) is 12.3. The molecule has 1 aromatic rings. The van der Waals surface area contributed by atoms with E-state index in [1.807, 2.05) is 0 Å². The Morgan fingerprint density at radius 1 is 1.44 bits per heavy atom. The summed E-state index contributed by atoms with van der Waals surface area (Å²) in [7, 11) is 1.30. The first-order valence-electron chi connectivity index (χ1n) is 4.25. The third-order valence-corrected chi connectivity index (χ3v) is 1.97. The topological polar surface area (TPSA) is 29.0 Å². The normalized spacial score (nSPS) is 11.6. The molecule has 0 saturated heterocycles. The predicted octanol–water partition coefficient (Wildman–Crippen LogP) is 2.66. The first-order chi connectivity index (χ1) is 7.29. The monoisotopic (exact) mass is 257 g/mol. The highest BCUT2D eigenvalue weighted by Crippen LogP contribution is 2.22. The van der Waals surface area contributed by atoms with E-state index >= 15 is 0 Å². The highest BCUT2D eigenvalue weighted by molar-refractivity contribution is 6.28. The van der Waals surface area contributed by atoms with Crippen molar-refractivity contribution in [1.29, 1.82) is 0 Å². The van der Waals surface area contributed by atoms with Gasteiger partial charge in [-0.1, -0.05) is 0 Å². The Morgan fingerprint density at radius 3 is 2.62 bits per heavy atom. The molecular weight excluding hydrogens is 250 g/mol. The van der Waals surface area contributed by atoms with Gasteiger partial charge in [0.1, 0.15) is 0 Å². The molecule has 0 atom stereocenters. The van der Waals surface area contributed by atoms with Crippen LogP contribution in [0, 0.1) is 5.82 Å². The van der Waals surface area contributed by atoms with Crippen LogP contribution < -0.4 is 4.90 Å². The second kappa shape index (κ2) is 4.82. The minimum absolute atomic E-state index is 0.213. The predicted molar refractivity (Wildman–Crippen MR) is 50.9 cm³/mol. The van der Waals surface area contributed by atoms with Crippen molar-refractivity contribution in [3.63, 3.8) is 0 Å². The van der Waals surface area contributed by atoms with Crippen molar-refractivity contribution in [3.05, 3.63) is 17.3 Å². The van der Waals surface area contributed by atoms with E-state index in [9.17, 15) is 17.6 Å². The summed E-state index contributed by atoms with van der Waals surface area (Å²) in [5.41, 5.74) is 0. The highest BCUT2D eigenvalue weighted by Gasteiger charge is 2.27. The average Bonchev–Trinajstić information content (AvgIpc) is 2.17. The third-order valence-electron chi connectivity index (χ3n) is 1.79. The molecule has 0 aliphatic carbocycles. The molecule has 0 spiro atoms. The van der Waals surface area contributed by atoms with E-state index in [0.29, 0.717) is 0 Å². The summed E-state index contributed by atoms with van der Waals surface area (Å²) in [5.74, 6) is -1.06. The molecule has 0 radical (unpaired) electrons. The summed E-state index contributed by atoms with van der Waals surface area (Å²) in [5, 5.41) is -0.213. The number of halogens is 5. The summed E-state index contributed by atoms with van der Waals surface area (Å²) in [4.78, 5) is 7.91. The van der Waals surface area contributed by atoms with Crippen LogP contribution in [0.2, 0.25) is 5.28 Å². The fourth-order valence-electron chi connectivity index (χ4n) is 1.01. The standard InChI is InChI=1S/C8H8ClF4N3/c1-16(3-2-8(11,12)13)6-5(10)4-14-7(9)15-6/h4H,2-3H2,1H3.